The Morgan fingerprint density at radius 1 is 1.06 bits per heavy atom. The third-order valence-electron chi connectivity index (χ3n) is 4.05. The van der Waals surface area contributed by atoms with Gasteiger partial charge in [0.2, 0.25) is 0 Å². The van der Waals surface area contributed by atoms with E-state index in [1.54, 1.807) is 0 Å². The number of rotatable bonds is 4. The molecule has 17 heavy (non-hydrogen) atoms. The second-order valence-electron chi connectivity index (χ2n) is 5.50. The fourth-order valence-electron chi connectivity index (χ4n) is 2.70. The van der Waals surface area contributed by atoms with E-state index >= 15 is 0 Å². The summed E-state index contributed by atoms with van der Waals surface area (Å²) in [7, 11) is 2.23. The van der Waals surface area contributed by atoms with E-state index in [0.29, 0.717) is 0 Å². The number of likely N-dealkylation sites (tertiary alicyclic amines) is 1. The van der Waals surface area contributed by atoms with Crippen LogP contribution in [-0.2, 0) is 0 Å². The number of nitrogens with zero attached hydrogens (tertiary/aromatic N) is 2. The number of nitrogens with one attached hydrogen (secondary N) is 1. The first-order chi connectivity index (χ1) is 8.34. The van der Waals surface area contributed by atoms with Crippen molar-refractivity contribution in [2.45, 2.75) is 19.3 Å². The first kappa shape index (κ1) is 13.1. The van der Waals surface area contributed by atoms with Crippen LogP contribution in [0.5, 0.6) is 0 Å². The van der Waals surface area contributed by atoms with Crippen molar-refractivity contribution in [1.29, 1.82) is 0 Å². The van der Waals surface area contributed by atoms with E-state index in [4.69, 9.17) is 0 Å². The molecular formula is C14H27N3. The number of piperazine rings is 1. The third kappa shape index (κ3) is 4.78. The predicted molar refractivity (Wildman–Crippen MR) is 73.3 cm³/mol. The maximum atomic E-state index is 3.39. The van der Waals surface area contributed by atoms with Gasteiger partial charge in [-0.1, -0.05) is 12.2 Å². The van der Waals surface area contributed by atoms with Crippen LogP contribution in [0.15, 0.2) is 12.2 Å². The molecule has 0 atom stereocenters. The molecule has 2 heterocycles. The molecule has 1 N–H and O–H groups in total. The number of hydrogen-bond acceptors (Lipinski definition) is 3. The van der Waals surface area contributed by atoms with Crippen LogP contribution in [0.3, 0.4) is 0 Å². The molecule has 98 valence electrons. The molecule has 0 bridgehead atoms. The molecule has 0 unspecified atom stereocenters. The minimum absolute atomic E-state index is 0.936. The maximum Gasteiger partial charge on any atom is 0.0164 e. The van der Waals surface area contributed by atoms with Crippen LogP contribution >= 0.6 is 0 Å². The highest BCUT2D eigenvalue weighted by Gasteiger charge is 2.14. The molecule has 3 nitrogen and oxygen atoms in total. The van der Waals surface area contributed by atoms with E-state index < -0.39 is 0 Å². The lowest BCUT2D eigenvalue weighted by atomic mass is 9.94. The van der Waals surface area contributed by atoms with Gasteiger partial charge in [-0.2, -0.15) is 0 Å². The molecule has 0 aromatic carbocycles. The molecule has 0 radical (unpaired) electrons. The Labute approximate surface area is 106 Å². The quantitative estimate of drug-likeness (QED) is 0.741. The van der Waals surface area contributed by atoms with Crippen LogP contribution in [0, 0.1) is 5.92 Å². The highest BCUT2D eigenvalue weighted by molar-refractivity contribution is 4.88. The summed E-state index contributed by atoms with van der Waals surface area (Å²) in [6, 6.07) is 0. The Morgan fingerprint density at radius 3 is 2.47 bits per heavy atom. The Morgan fingerprint density at radius 2 is 1.76 bits per heavy atom. The van der Waals surface area contributed by atoms with E-state index in [2.05, 4.69) is 34.3 Å². The first-order valence-corrected chi connectivity index (χ1v) is 7.11. The Kier molecular flexibility index (Phi) is 5.49. The minimum Gasteiger partial charge on any atom is -0.314 e. The van der Waals surface area contributed by atoms with Crippen LogP contribution < -0.4 is 5.32 Å². The van der Waals surface area contributed by atoms with E-state index in [9.17, 15) is 0 Å². The Bertz CT molecular complexity index is 226. The van der Waals surface area contributed by atoms with Gasteiger partial charge in [-0.05, 0) is 45.3 Å². The van der Waals surface area contributed by atoms with Crippen molar-refractivity contribution in [3.8, 4) is 0 Å². The minimum atomic E-state index is 0.936. The summed E-state index contributed by atoms with van der Waals surface area (Å²) >= 11 is 0. The first-order valence-electron chi connectivity index (χ1n) is 7.11. The second-order valence-corrected chi connectivity index (χ2v) is 5.50. The van der Waals surface area contributed by atoms with Gasteiger partial charge in [-0.25, -0.2) is 0 Å². The van der Waals surface area contributed by atoms with Gasteiger partial charge in [-0.3, -0.25) is 4.90 Å². The van der Waals surface area contributed by atoms with Gasteiger partial charge in [0.25, 0.3) is 0 Å². The SMILES string of the molecule is CN1CCC(C/C=C\CN2CCNCC2)CC1. The van der Waals surface area contributed by atoms with Crippen LogP contribution in [0.4, 0.5) is 0 Å². The normalized spacial score (nSPS) is 25.7. The summed E-state index contributed by atoms with van der Waals surface area (Å²) in [5, 5.41) is 3.39. The van der Waals surface area contributed by atoms with E-state index in [1.807, 2.05) is 0 Å². The Hall–Kier alpha value is -0.380. The van der Waals surface area contributed by atoms with Gasteiger partial charge >= 0.3 is 0 Å². The summed E-state index contributed by atoms with van der Waals surface area (Å²) in [4.78, 5) is 4.97. The zero-order valence-electron chi connectivity index (χ0n) is 11.2. The van der Waals surface area contributed by atoms with E-state index in [1.165, 1.54) is 45.4 Å². The molecule has 2 saturated heterocycles. The predicted octanol–water partition coefficient (Wildman–Crippen LogP) is 1.18. The van der Waals surface area contributed by atoms with Crippen molar-refractivity contribution in [2.24, 2.45) is 5.92 Å². The van der Waals surface area contributed by atoms with Crippen LogP contribution in [0.1, 0.15) is 19.3 Å². The van der Waals surface area contributed by atoms with Crippen LogP contribution in [0.2, 0.25) is 0 Å². The second kappa shape index (κ2) is 7.14. The van der Waals surface area contributed by atoms with E-state index in [0.717, 1.165) is 25.6 Å². The highest BCUT2D eigenvalue weighted by Crippen LogP contribution is 2.19. The van der Waals surface area contributed by atoms with Crippen molar-refractivity contribution in [3.05, 3.63) is 12.2 Å². The number of allylic oxidation sites excluding steroid dienone is 1. The monoisotopic (exact) mass is 237 g/mol. The molecule has 0 spiro atoms. The van der Waals surface area contributed by atoms with Crippen molar-refractivity contribution in [3.63, 3.8) is 0 Å². The molecule has 0 aliphatic carbocycles. The van der Waals surface area contributed by atoms with Gasteiger partial charge in [0.15, 0.2) is 0 Å². The Balaban J connectivity index is 1.57. The molecular weight excluding hydrogens is 210 g/mol. The molecule has 3 heteroatoms. The lowest BCUT2D eigenvalue weighted by Crippen LogP contribution is -2.43. The van der Waals surface area contributed by atoms with Crippen molar-refractivity contribution in [2.75, 3.05) is 52.9 Å². The van der Waals surface area contributed by atoms with Gasteiger partial charge in [-0.15, -0.1) is 0 Å². The van der Waals surface area contributed by atoms with Gasteiger partial charge in [0, 0.05) is 32.7 Å². The summed E-state index contributed by atoms with van der Waals surface area (Å²) in [6.07, 6.45) is 8.85. The molecule has 2 rings (SSSR count). The van der Waals surface area contributed by atoms with Crippen molar-refractivity contribution >= 4 is 0 Å². The third-order valence-corrected chi connectivity index (χ3v) is 4.05. The molecule has 0 aromatic heterocycles. The molecule has 0 amide bonds. The lowest BCUT2D eigenvalue weighted by molar-refractivity contribution is 0.220. The van der Waals surface area contributed by atoms with Crippen LogP contribution in [-0.4, -0.2) is 62.7 Å². The van der Waals surface area contributed by atoms with Gasteiger partial charge in [0.05, 0.1) is 0 Å². The van der Waals surface area contributed by atoms with E-state index in [-0.39, 0.29) is 0 Å². The highest BCUT2D eigenvalue weighted by atomic mass is 15.2. The lowest BCUT2D eigenvalue weighted by Gasteiger charge is -2.28. The zero-order valence-corrected chi connectivity index (χ0v) is 11.2. The largest absolute Gasteiger partial charge is 0.314 e. The zero-order chi connectivity index (χ0) is 11.9. The molecule has 2 fully saturated rings. The average molecular weight is 237 g/mol. The standard InChI is InChI=1S/C14H27N3/c1-16-10-5-14(6-11-16)4-2-3-9-17-12-7-15-8-13-17/h2-3,14-15H,4-13H2,1H3/b3-2-. The smallest absolute Gasteiger partial charge is 0.0164 e. The van der Waals surface area contributed by atoms with Crippen molar-refractivity contribution < 1.29 is 0 Å². The number of hydrogen-bond donors (Lipinski definition) is 1. The molecule has 0 aromatic rings. The summed E-state index contributed by atoms with van der Waals surface area (Å²) in [5.41, 5.74) is 0. The molecule has 2 aliphatic rings. The van der Waals surface area contributed by atoms with Crippen LogP contribution in [0.25, 0.3) is 0 Å². The molecule has 2 aliphatic heterocycles. The fourth-order valence-corrected chi connectivity index (χ4v) is 2.70. The van der Waals surface area contributed by atoms with Gasteiger partial charge < -0.3 is 10.2 Å². The van der Waals surface area contributed by atoms with Crippen molar-refractivity contribution in [1.82, 2.24) is 15.1 Å². The molecule has 0 saturated carbocycles. The summed E-state index contributed by atoms with van der Waals surface area (Å²) in [6.45, 7) is 8.45. The summed E-state index contributed by atoms with van der Waals surface area (Å²) < 4.78 is 0. The number of piperidine rings is 1. The fraction of sp³-hybridized carbons (Fsp3) is 0.857. The average Bonchev–Trinajstić information content (AvgIpc) is 2.38. The summed E-state index contributed by atoms with van der Waals surface area (Å²) in [5.74, 6) is 0.936. The topological polar surface area (TPSA) is 18.5 Å². The maximum absolute atomic E-state index is 3.39. The van der Waals surface area contributed by atoms with Gasteiger partial charge in [0.1, 0.15) is 0 Å².